The Morgan fingerprint density at radius 3 is 2.67 bits per heavy atom. The molecular weight excluding hydrogens is 356 g/mol. The Morgan fingerprint density at radius 1 is 1.11 bits per heavy atom. The molecule has 0 radical (unpaired) electrons. The maximum Gasteiger partial charge on any atom is 0.266 e. The highest BCUT2D eigenvalue weighted by atomic mass is 32.1. The van der Waals surface area contributed by atoms with Crippen molar-refractivity contribution in [3.8, 4) is 16.9 Å². The van der Waals surface area contributed by atoms with Gasteiger partial charge in [-0.3, -0.25) is 4.79 Å². The van der Waals surface area contributed by atoms with Gasteiger partial charge in [-0.15, -0.1) is 11.3 Å². The summed E-state index contributed by atoms with van der Waals surface area (Å²) in [5, 5.41) is 7.33. The van der Waals surface area contributed by atoms with Gasteiger partial charge in [-0.1, -0.05) is 31.2 Å². The van der Waals surface area contributed by atoms with Crippen LogP contribution in [-0.4, -0.2) is 25.2 Å². The van der Waals surface area contributed by atoms with Gasteiger partial charge >= 0.3 is 0 Å². The summed E-state index contributed by atoms with van der Waals surface area (Å²) in [5.41, 5.74) is 4.20. The lowest BCUT2D eigenvalue weighted by Crippen LogP contribution is -2.15. The molecule has 138 valence electrons. The number of likely N-dealkylation sites (N-methyl/N-ethyl adjacent to an activating group) is 1. The summed E-state index contributed by atoms with van der Waals surface area (Å²) >= 11 is 1.47. The maximum atomic E-state index is 12.3. The number of H-pyrrole nitrogens is 1. The summed E-state index contributed by atoms with van der Waals surface area (Å²) in [6, 6.07) is 14.5. The Balaban J connectivity index is 1.89. The minimum absolute atomic E-state index is 0.0395. The van der Waals surface area contributed by atoms with E-state index in [9.17, 15) is 4.79 Å². The van der Waals surface area contributed by atoms with E-state index in [1.807, 2.05) is 23.6 Å². The first-order valence-electron chi connectivity index (χ1n) is 9.13. The first-order valence-corrected chi connectivity index (χ1v) is 10.0. The number of hydrogen-bond donors (Lipinski definition) is 2. The summed E-state index contributed by atoms with van der Waals surface area (Å²) in [4.78, 5) is 15.4. The third kappa shape index (κ3) is 3.24. The molecule has 2 aromatic carbocycles. The van der Waals surface area contributed by atoms with Crippen LogP contribution >= 0.6 is 11.3 Å². The minimum atomic E-state index is -0.0395. The molecule has 0 unspecified atom stereocenters. The second-order valence-electron chi connectivity index (χ2n) is 6.48. The summed E-state index contributed by atoms with van der Waals surface area (Å²) in [6.45, 7) is 4.08. The van der Waals surface area contributed by atoms with Crippen LogP contribution in [0, 0.1) is 0 Å². The normalized spacial score (nSPS) is 11.3. The molecule has 0 spiro atoms. The summed E-state index contributed by atoms with van der Waals surface area (Å²) in [5.74, 6) is 0.808. The summed E-state index contributed by atoms with van der Waals surface area (Å²) in [7, 11) is 1.69. The number of hydrogen-bond acceptors (Lipinski definition) is 4. The Hall–Kier alpha value is -2.63. The highest BCUT2D eigenvalue weighted by Crippen LogP contribution is 2.40. The van der Waals surface area contributed by atoms with Gasteiger partial charge in [-0.25, -0.2) is 0 Å². The number of nitrogens with one attached hydrogen (secondary N) is 2. The molecule has 4 nitrogen and oxygen atoms in total. The van der Waals surface area contributed by atoms with Crippen LogP contribution in [0.4, 0.5) is 0 Å². The molecule has 4 rings (SSSR count). The van der Waals surface area contributed by atoms with Crippen LogP contribution in [0.5, 0.6) is 5.75 Å². The third-order valence-corrected chi connectivity index (χ3v) is 5.77. The molecule has 0 saturated carbocycles. The van der Waals surface area contributed by atoms with E-state index >= 15 is 0 Å². The molecule has 0 aliphatic rings. The molecule has 2 aromatic heterocycles. The van der Waals surface area contributed by atoms with Crippen molar-refractivity contribution in [3.05, 3.63) is 63.8 Å². The van der Waals surface area contributed by atoms with Crippen LogP contribution in [0.3, 0.4) is 0 Å². The monoisotopic (exact) mass is 378 g/mol. The predicted octanol–water partition coefficient (Wildman–Crippen LogP) is 4.57. The molecular formula is C22H22N2O2S. The lowest BCUT2D eigenvalue weighted by Gasteiger charge is -2.14. The van der Waals surface area contributed by atoms with Gasteiger partial charge < -0.3 is 15.0 Å². The van der Waals surface area contributed by atoms with Crippen molar-refractivity contribution < 1.29 is 4.74 Å². The zero-order valence-corrected chi connectivity index (χ0v) is 16.3. The van der Waals surface area contributed by atoms with Crippen LogP contribution in [0.15, 0.2) is 52.6 Å². The van der Waals surface area contributed by atoms with Crippen LogP contribution in [0.2, 0.25) is 0 Å². The fourth-order valence-electron chi connectivity index (χ4n) is 3.53. The summed E-state index contributed by atoms with van der Waals surface area (Å²) in [6.07, 6.45) is 1.00. The molecule has 2 N–H and O–H groups in total. The molecule has 5 heteroatoms. The van der Waals surface area contributed by atoms with E-state index in [4.69, 9.17) is 4.74 Å². The van der Waals surface area contributed by atoms with Gasteiger partial charge in [0.15, 0.2) is 0 Å². The van der Waals surface area contributed by atoms with Crippen molar-refractivity contribution in [2.45, 2.75) is 13.3 Å². The van der Waals surface area contributed by atoms with Crippen molar-refractivity contribution in [1.82, 2.24) is 10.3 Å². The standard InChI is InChI=1S/C22H22N2O2S/c1-3-23-12-10-14-4-6-15(7-5-14)19-18(26-2)9-8-17-20(19)16-11-13-27-21(16)22(25)24-17/h4-9,11,13,23H,3,10,12H2,1-2H3,(H,24,25). The summed E-state index contributed by atoms with van der Waals surface area (Å²) < 4.78 is 6.42. The van der Waals surface area contributed by atoms with E-state index in [0.29, 0.717) is 0 Å². The van der Waals surface area contributed by atoms with Crippen LogP contribution in [0.25, 0.3) is 32.1 Å². The molecule has 0 fully saturated rings. The number of benzene rings is 2. The van der Waals surface area contributed by atoms with Crippen molar-refractivity contribution in [2.75, 3.05) is 20.2 Å². The minimum Gasteiger partial charge on any atom is -0.496 e. The molecule has 0 aliphatic carbocycles. The Morgan fingerprint density at radius 2 is 1.93 bits per heavy atom. The van der Waals surface area contributed by atoms with Crippen LogP contribution in [0.1, 0.15) is 12.5 Å². The van der Waals surface area contributed by atoms with E-state index in [1.165, 1.54) is 16.9 Å². The molecule has 0 saturated heterocycles. The first kappa shape index (κ1) is 17.8. The van der Waals surface area contributed by atoms with Crippen LogP contribution < -0.4 is 15.6 Å². The Kier molecular flexibility index (Phi) is 4.97. The topological polar surface area (TPSA) is 54.1 Å². The van der Waals surface area contributed by atoms with Gasteiger partial charge in [-0.05, 0) is 54.2 Å². The van der Waals surface area contributed by atoms with Gasteiger partial charge in [0.1, 0.15) is 10.4 Å². The van der Waals surface area contributed by atoms with Crippen molar-refractivity contribution in [3.63, 3.8) is 0 Å². The number of thiophene rings is 1. The SMILES string of the molecule is CCNCCc1ccc(-c2c(OC)ccc3[nH]c(=O)c4sccc4c23)cc1. The fourth-order valence-corrected chi connectivity index (χ4v) is 4.33. The number of aromatic amines is 1. The fraction of sp³-hybridized carbons (Fsp3) is 0.227. The highest BCUT2D eigenvalue weighted by Gasteiger charge is 2.16. The van der Waals surface area contributed by atoms with Gasteiger partial charge in [0, 0.05) is 21.9 Å². The number of methoxy groups -OCH3 is 1. The smallest absolute Gasteiger partial charge is 0.266 e. The second-order valence-corrected chi connectivity index (χ2v) is 7.40. The molecule has 0 aliphatic heterocycles. The van der Waals surface area contributed by atoms with Crippen molar-refractivity contribution in [2.24, 2.45) is 0 Å². The van der Waals surface area contributed by atoms with E-state index < -0.39 is 0 Å². The quantitative estimate of drug-likeness (QED) is 0.483. The second kappa shape index (κ2) is 7.55. The molecule has 2 heterocycles. The molecule has 0 atom stereocenters. The zero-order valence-electron chi connectivity index (χ0n) is 15.5. The molecule has 4 aromatic rings. The Bertz CT molecular complexity index is 1140. The van der Waals surface area contributed by atoms with Crippen molar-refractivity contribution >= 4 is 32.3 Å². The highest BCUT2D eigenvalue weighted by molar-refractivity contribution is 7.17. The third-order valence-electron chi connectivity index (χ3n) is 4.86. The number of pyridine rings is 1. The largest absolute Gasteiger partial charge is 0.496 e. The number of ether oxygens (including phenoxy) is 1. The van der Waals surface area contributed by atoms with Gasteiger partial charge in [0.05, 0.1) is 7.11 Å². The average Bonchev–Trinajstić information content (AvgIpc) is 3.19. The van der Waals surface area contributed by atoms with E-state index in [2.05, 4.69) is 41.5 Å². The molecule has 0 bridgehead atoms. The van der Waals surface area contributed by atoms with Crippen molar-refractivity contribution in [1.29, 1.82) is 0 Å². The Labute approximate surface area is 161 Å². The predicted molar refractivity (Wildman–Crippen MR) is 114 cm³/mol. The number of fused-ring (bicyclic) bond motifs is 3. The van der Waals surface area contributed by atoms with Gasteiger partial charge in [0.2, 0.25) is 0 Å². The number of rotatable bonds is 6. The maximum absolute atomic E-state index is 12.3. The lowest BCUT2D eigenvalue weighted by molar-refractivity contribution is 0.417. The van der Waals surface area contributed by atoms with Gasteiger partial charge in [-0.2, -0.15) is 0 Å². The van der Waals surface area contributed by atoms with E-state index in [1.54, 1.807) is 7.11 Å². The van der Waals surface area contributed by atoms with Gasteiger partial charge in [0.25, 0.3) is 5.56 Å². The van der Waals surface area contributed by atoms with Crippen LogP contribution in [-0.2, 0) is 6.42 Å². The first-order chi connectivity index (χ1) is 13.2. The lowest BCUT2D eigenvalue weighted by atomic mass is 9.96. The number of aromatic nitrogens is 1. The molecule has 0 amide bonds. The van der Waals surface area contributed by atoms with E-state index in [0.717, 1.165) is 57.4 Å². The average molecular weight is 378 g/mol. The van der Waals surface area contributed by atoms with E-state index in [-0.39, 0.29) is 5.56 Å². The molecule has 27 heavy (non-hydrogen) atoms. The zero-order chi connectivity index (χ0) is 18.8.